The number of methoxy groups -OCH3 is 1. The minimum Gasteiger partial charge on any atom is -0.497 e. The molecular formula is C38H44N8O6. The number of nitro benzene ring substituents is 1. The summed E-state index contributed by atoms with van der Waals surface area (Å²) in [6.45, 7) is 4.93. The summed E-state index contributed by atoms with van der Waals surface area (Å²) in [5.41, 5.74) is 13.3. The first-order chi connectivity index (χ1) is 25.3. The maximum atomic E-state index is 12.9. The van der Waals surface area contributed by atoms with Gasteiger partial charge in [0.25, 0.3) is 5.69 Å². The third kappa shape index (κ3) is 8.65. The molecular weight excluding hydrogens is 664 g/mol. The Labute approximate surface area is 302 Å². The van der Waals surface area contributed by atoms with Gasteiger partial charge in [-0.2, -0.15) is 0 Å². The van der Waals surface area contributed by atoms with Gasteiger partial charge in [0.15, 0.2) is 0 Å². The SMILES string of the molecule is COc1ccc(C2(c3ccccc3)CCN(CCCN(C=O)C3=C(COCCN=[N+]=[N-])N=C(C)C(NC=O)C3c3ccc([N+](=O)[O-])cc3)CC2)cc1. The fourth-order valence-electron chi connectivity index (χ4n) is 7.40. The molecule has 2 unspecified atom stereocenters. The van der Waals surface area contributed by atoms with Crippen LogP contribution in [0.15, 0.2) is 100 Å². The Kier molecular flexibility index (Phi) is 13.1. The highest BCUT2D eigenvalue weighted by molar-refractivity contribution is 5.92. The number of ether oxygens (including phenoxy) is 2. The van der Waals surface area contributed by atoms with Crippen molar-refractivity contribution < 1.29 is 24.0 Å². The molecule has 2 heterocycles. The molecule has 1 saturated heterocycles. The molecule has 14 nitrogen and oxygen atoms in total. The van der Waals surface area contributed by atoms with Crippen LogP contribution in [0.4, 0.5) is 5.69 Å². The van der Waals surface area contributed by atoms with Crippen molar-refractivity contribution in [3.8, 4) is 5.75 Å². The van der Waals surface area contributed by atoms with E-state index in [9.17, 15) is 19.7 Å². The topological polar surface area (TPSA) is 175 Å². The second-order valence-electron chi connectivity index (χ2n) is 12.9. The molecule has 0 aromatic heterocycles. The van der Waals surface area contributed by atoms with Gasteiger partial charge >= 0.3 is 0 Å². The first kappa shape index (κ1) is 37.7. The van der Waals surface area contributed by atoms with Crippen LogP contribution in [0.2, 0.25) is 0 Å². The van der Waals surface area contributed by atoms with Crippen LogP contribution in [0.1, 0.15) is 48.8 Å². The molecule has 1 fully saturated rings. The molecule has 0 bridgehead atoms. The number of azide groups is 1. The molecule has 3 aromatic carbocycles. The van der Waals surface area contributed by atoms with E-state index in [0.717, 1.165) is 44.6 Å². The largest absolute Gasteiger partial charge is 0.497 e. The van der Waals surface area contributed by atoms with Gasteiger partial charge in [-0.15, -0.1) is 0 Å². The van der Waals surface area contributed by atoms with Crippen molar-refractivity contribution in [3.63, 3.8) is 0 Å². The zero-order chi connectivity index (χ0) is 36.9. The number of nitrogens with one attached hydrogen (secondary N) is 1. The van der Waals surface area contributed by atoms with E-state index in [1.54, 1.807) is 31.1 Å². The highest BCUT2D eigenvalue weighted by Gasteiger charge is 2.39. The first-order valence-corrected chi connectivity index (χ1v) is 17.3. The Morgan fingerprint density at radius 2 is 1.77 bits per heavy atom. The number of non-ortho nitro benzene ring substituents is 1. The van der Waals surface area contributed by atoms with E-state index < -0.39 is 16.9 Å². The van der Waals surface area contributed by atoms with E-state index in [4.69, 9.17) is 20.0 Å². The molecule has 0 saturated carbocycles. The first-order valence-electron chi connectivity index (χ1n) is 17.3. The molecule has 14 heteroatoms. The van der Waals surface area contributed by atoms with E-state index in [-0.39, 0.29) is 30.9 Å². The molecule has 2 aliphatic heterocycles. The maximum absolute atomic E-state index is 12.9. The third-order valence-corrected chi connectivity index (χ3v) is 10.0. The molecule has 0 aliphatic carbocycles. The second-order valence-corrected chi connectivity index (χ2v) is 12.9. The molecule has 52 heavy (non-hydrogen) atoms. The summed E-state index contributed by atoms with van der Waals surface area (Å²) in [6.07, 6.45) is 3.87. The van der Waals surface area contributed by atoms with E-state index in [0.29, 0.717) is 42.0 Å². The number of amides is 2. The van der Waals surface area contributed by atoms with E-state index >= 15 is 0 Å². The summed E-state index contributed by atoms with van der Waals surface area (Å²) in [7, 11) is 1.67. The lowest BCUT2D eigenvalue weighted by Crippen LogP contribution is -2.47. The molecule has 3 aromatic rings. The van der Waals surface area contributed by atoms with Crippen molar-refractivity contribution in [1.82, 2.24) is 15.1 Å². The van der Waals surface area contributed by atoms with E-state index in [2.05, 4.69) is 56.6 Å². The van der Waals surface area contributed by atoms with Gasteiger partial charge in [-0.3, -0.25) is 24.7 Å². The predicted molar refractivity (Wildman–Crippen MR) is 197 cm³/mol. The van der Waals surface area contributed by atoms with Crippen LogP contribution in [0, 0.1) is 10.1 Å². The molecule has 272 valence electrons. The number of aliphatic imine (C=N–C) groups is 1. The standard InChI is InChI=1S/C38H44N8O6/c1-28-36(40-26-47)35(29-9-13-32(14-10-29)46(49)50)37(34(42-28)25-52-24-19-41-43-39)45(27-48)21-6-20-44-22-17-38(18-23-44,30-7-4-3-5-8-30)31-11-15-33(51-2)16-12-31/h3-5,7-16,26-27,35-36H,6,17-25H2,1-2H3,(H,40,47). The summed E-state index contributed by atoms with van der Waals surface area (Å²) in [5, 5.41) is 17.8. The number of hydrogen-bond acceptors (Lipinski definition) is 9. The number of rotatable bonds is 18. The number of carbonyl (C=O) groups excluding carboxylic acids is 2. The minimum atomic E-state index is -0.616. The van der Waals surface area contributed by atoms with Crippen molar-refractivity contribution in [2.45, 2.75) is 43.6 Å². The fraction of sp³-hybridized carbons (Fsp3) is 0.395. The highest BCUT2D eigenvalue weighted by Crippen LogP contribution is 2.42. The van der Waals surface area contributed by atoms with Crippen LogP contribution in [0.25, 0.3) is 10.4 Å². The quantitative estimate of drug-likeness (QED) is 0.0333. The summed E-state index contributed by atoms with van der Waals surface area (Å²) < 4.78 is 11.2. The van der Waals surface area contributed by atoms with Crippen molar-refractivity contribution in [3.05, 3.63) is 128 Å². The van der Waals surface area contributed by atoms with Crippen LogP contribution in [-0.2, 0) is 19.7 Å². The Hall–Kier alpha value is -5.56. The van der Waals surface area contributed by atoms with Gasteiger partial charge < -0.3 is 24.6 Å². The van der Waals surface area contributed by atoms with Crippen LogP contribution >= 0.6 is 0 Å². The summed E-state index contributed by atoms with van der Waals surface area (Å²) >= 11 is 0. The normalized spacial score (nSPS) is 18.5. The zero-order valence-electron chi connectivity index (χ0n) is 29.5. The van der Waals surface area contributed by atoms with Gasteiger partial charge in [-0.1, -0.05) is 59.7 Å². The summed E-state index contributed by atoms with van der Waals surface area (Å²) in [4.78, 5) is 47.2. The lowest BCUT2D eigenvalue weighted by Gasteiger charge is -2.43. The number of nitro groups is 1. The number of hydrogen-bond donors (Lipinski definition) is 1. The Morgan fingerprint density at radius 3 is 2.38 bits per heavy atom. The number of carbonyl (C=O) groups is 2. The van der Waals surface area contributed by atoms with E-state index in [1.165, 1.54) is 23.3 Å². The second kappa shape index (κ2) is 18.1. The average molecular weight is 709 g/mol. The van der Waals surface area contributed by atoms with Crippen molar-refractivity contribution in [1.29, 1.82) is 0 Å². The predicted octanol–water partition coefficient (Wildman–Crippen LogP) is 5.75. The van der Waals surface area contributed by atoms with Crippen LogP contribution in [0.3, 0.4) is 0 Å². The average Bonchev–Trinajstić information content (AvgIpc) is 3.18. The van der Waals surface area contributed by atoms with E-state index in [1.807, 2.05) is 18.2 Å². The number of benzene rings is 3. The number of likely N-dealkylation sites (tertiary alicyclic amines) is 1. The molecule has 2 aliphatic rings. The maximum Gasteiger partial charge on any atom is 0.269 e. The number of piperidine rings is 1. The highest BCUT2D eigenvalue weighted by atomic mass is 16.6. The van der Waals surface area contributed by atoms with Gasteiger partial charge in [0.2, 0.25) is 12.8 Å². The third-order valence-electron chi connectivity index (χ3n) is 10.0. The van der Waals surface area contributed by atoms with Gasteiger partial charge in [0, 0.05) is 41.3 Å². The molecule has 5 rings (SSSR count). The molecule has 2 atom stereocenters. The van der Waals surface area contributed by atoms with Gasteiger partial charge in [0.1, 0.15) is 5.75 Å². The lowest BCUT2D eigenvalue weighted by atomic mass is 9.68. The van der Waals surface area contributed by atoms with Crippen LogP contribution in [0.5, 0.6) is 5.75 Å². The number of nitrogens with zero attached hydrogens (tertiary/aromatic N) is 7. The molecule has 0 spiro atoms. The summed E-state index contributed by atoms with van der Waals surface area (Å²) in [6, 6.07) is 24.5. The van der Waals surface area contributed by atoms with Gasteiger partial charge in [0.05, 0.1) is 48.6 Å². The smallest absolute Gasteiger partial charge is 0.269 e. The zero-order valence-corrected chi connectivity index (χ0v) is 29.5. The van der Waals surface area contributed by atoms with Crippen molar-refractivity contribution in [2.75, 3.05) is 53.0 Å². The summed E-state index contributed by atoms with van der Waals surface area (Å²) in [5.74, 6) is 0.237. The Bertz CT molecular complexity index is 1780. The fourth-order valence-corrected chi connectivity index (χ4v) is 7.40. The Morgan fingerprint density at radius 1 is 1.08 bits per heavy atom. The minimum absolute atomic E-state index is 0.0221. The van der Waals surface area contributed by atoms with Crippen LogP contribution in [-0.4, -0.2) is 92.3 Å². The van der Waals surface area contributed by atoms with Crippen molar-refractivity contribution >= 4 is 24.2 Å². The van der Waals surface area contributed by atoms with Crippen LogP contribution < -0.4 is 10.1 Å². The molecule has 2 amide bonds. The van der Waals surface area contributed by atoms with Gasteiger partial charge in [-0.05, 0) is 80.2 Å². The van der Waals surface area contributed by atoms with Crippen molar-refractivity contribution in [2.24, 2.45) is 10.1 Å². The van der Waals surface area contributed by atoms with Gasteiger partial charge in [-0.25, -0.2) is 0 Å². The molecule has 1 N–H and O–H groups in total. The Balaban J connectivity index is 1.36. The molecule has 0 radical (unpaired) electrons. The monoisotopic (exact) mass is 708 g/mol. The lowest BCUT2D eigenvalue weighted by molar-refractivity contribution is -0.384.